The Morgan fingerprint density at radius 1 is 1.52 bits per heavy atom. The zero-order chi connectivity index (χ0) is 15.1. The van der Waals surface area contributed by atoms with Crippen molar-refractivity contribution in [2.24, 2.45) is 0 Å². The van der Waals surface area contributed by atoms with Gasteiger partial charge in [-0.2, -0.15) is 5.10 Å². The van der Waals surface area contributed by atoms with Crippen LogP contribution in [-0.2, 0) is 22.6 Å². The van der Waals surface area contributed by atoms with Crippen molar-refractivity contribution in [2.45, 2.75) is 32.5 Å². The van der Waals surface area contributed by atoms with E-state index in [0.29, 0.717) is 31.9 Å². The molecule has 0 unspecified atom stereocenters. The van der Waals surface area contributed by atoms with E-state index in [-0.39, 0.29) is 11.9 Å². The van der Waals surface area contributed by atoms with Crippen molar-refractivity contribution in [1.82, 2.24) is 29.9 Å². The predicted molar refractivity (Wildman–Crippen MR) is 75.3 cm³/mol. The van der Waals surface area contributed by atoms with E-state index in [1.807, 2.05) is 23.8 Å². The molecule has 2 aromatic rings. The Balaban J connectivity index is 1.80. The molecule has 0 spiro atoms. The SMILES string of the molecule is COCCn1cnnc1CNC(=O)C[C@@H](C)n1cccn1. The lowest BCUT2D eigenvalue weighted by Gasteiger charge is -2.12. The molecule has 0 bridgehead atoms. The highest BCUT2D eigenvalue weighted by atomic mass is 16.5. The van der Waals surface area contributed by atoms with Crippen LogP contribution in [0.4, 0.5) is 0 Å². The van der Waals surface area contributed by atoms with Crippen molar-refractivity contribution in [2.75, 3.05) is 13.7 Å². The minimum absolute atomic E-state index is 0.0198. The van der Waals surface area contributed by atoms with Crippen LogP contribution in [0.5, 0.6) is 0 Å². The standard InChI is InChI=1S/C13H20N6O2/c1-11(19-5-3-4-16-19)8-13(20)14-9-12-17-15-10-18(12)6-7-21-2/h3-5,10-11H,6-9H2,1-2H3,(H,14,20)/t11-/m1/s1. The highest BCUT2D eigenvalue weighted by Gasteiger charge is 2.12. The van der Waals surface area contributed by atoms with Gasteiger partial charge >= 0.3 is 0 Å². The number of nitrogens with zero attached hydrogens (tertiary/aromatic N) is 5. The third-order valence-electron chi connectivity index (χ3n) is 3.13. The Morgan fingerprint density at radius 3 is 3.10 bits per heavy atom. The molecule has 114 valence electrons. The summed E-state index contributed by atoms with van der Waals surface area (Å²) in [6, 6.07) is 1.86. The van der Waals surface area contributed by atoms with Crippen molar-refractivity contribution >= 4 is 5.91 Å². The van der Waals surface area contributed by atoms with E-state index in [2.05, 4.69) is 20.6 Å². The molecule has 0 aromatic carbocycles. The summed E-state index contributed by atoms with van der Waals surface area (Å²) in [4.78, 5) is 11.9. The first-order valence-electron chi connectivity index (χ1n) is 6.82. The van der Waals surface area contributed by atoms with Gasteiger partial charge in [0.15, 0.2) is 5.82 Å². The molecule has 0 fully saturated rings. The van der Waals surface area contributed by atoms with E-state index in [1.165, 1.54) is 0 Å². The van der Waals surface area contributed by atoms with Gasteiger partial charge in [0.25, 0.3) is 0 Å². The predicted octanol–water partition coefficient (Wildman–Crippen LogP) is 0.388. The van der Waals surface area contributed by atoms with Gasteiger partial charge in [-0.1, -0.05) is 0 Å². The van der Waals surface area contributed by atoms with Gasteiger partial charge in [0.2, 0.25) is 5.91 Å². The number of amides is 1. The van der Waals surface area contributed by atoms with Crippen LogP contribution in [-0.4, -0.2) is 44.2 Å². The number of rotatable bonds is 8. The molecule has 0 aliphatic heterocycles. The smallest absolute Gasteiger partial charge is 0.222 e. The normalized spacial score (nSPS) is 12.3. The number of carbonyl (C=O) groups is 1. The number of methoxy groups -OCH3 is 1. The fourth-order valence-corrected chi connectivity index (χ4v) is 1.95. The summed E-state index contributed by atoms with van der Waals surface area (Å²) in [7, 11) is 1.64. The second kappa shape index (κ2) is 7.53. The summed E-state index contributed by atoms with van der Waals surface area (Å²) < 4.78 is 8.64. The highest BCUT2D eigenvalue weighted by Crippen LogP contribution is 2.08. The first kappa shape index (κ1) is 15.2. The quantitative estimate of drug-likeness (QED) is 0.760. The molecule has 2 rings (SSSR count). The average molecular weight is 292 g/mol. The van der Waals surface area contributed by atoms with Crippen LogP contribution >= 0.6 is 0 Å². The molecule has 0 aliphatic carbocycles. The molecule has 1 atom stereocenters. The van der Waals surface area contributed by atoms with E-state index in [0.717, 1.165) is 0 Å². The van der Waals surface area contributed by atoms with Crippen molar-refractivity contribution in [3.05, 3.63) is 30.6 Å². The van der Waals surface area contributed by atoms with Gasteiger partial charge in [0.05, 0.1) is 19.2 Å². The molecule has 1 amide bonds. The van der Waals surface area contributed by atoms with E-state index in [4.69, 9.17) is 4.74 Å². The van der Waals surface area contributed by atoms with Crippen molar-refractivity contribution in [1.29, 1.82) is 0 Å². The summed E-state index contributed by atoms with van der Waals surface area (Å²) in [6.45, 7) is 3.55. The fourth-order valence-electron chi connectivity index (χ4n) is 1.95. The second-order valence-electron chi connectivity index (χ2n) is 4.75. The van der Waals surface area contributed by atoms with Gasteiger partial charge in [0, 0.05) is 32.5 Å². The molecular formula is C13H20N6O2. The Kier molecular flexibility index (Phi) is 5.44. The minimum Gasteiger partial charge on any atom is -0.383 e. The number of ether oxygens (including phenoxy) is 1. The molecule has 0 radical (unpaired) electrons. The lowest BCUT2D eigenvalue weighted by atomic mass is 10.2. The lowest BCUT2D eigenvalue weighted by molar-refractivity contribution is -0.122. The maximum absolute atomic E-state index is 11.9. The maximum Gasteiger partial charge on any atom is 0.222 e. The van der Waals surface area contributed by atoms with Gasteiger partial charge in [0.1, 0.15) is 6.33 Å². The highest BCUT2D eigenvalue weighted by molar-refractivity contribution is 5.76. The fraction of sp³-hybridized carbons (Fsp3) is 0.538. The van der Waals surface area contributed by atoms with E-state index in [1.54, 1.807) is 24.3 Å². The van der Waals surface area contributed by atoms with Crippen LogP contribution in [0.15, 0.2) is 24.8 Å². The van der Waals surface area contributed by atoms with E-state index in [9.17, 15) is 4.79 Å². The Morgan fingerprint density at radius 2 is 2.38 bits per heavy atom. The third kappa shape index (κ3) is 4.38. The number of hydrogen-bond acceptors (Lipinski definition) is 5. The third-order valence-corrected chi connectivity index (χ3v) is 3.13. The molecule has 21 heavy (non-hydrogen) atoms. The molecule has 2 heterocycles. The van der Waals surface area contributed by atoms with E-state index < -0.39 is 0 Å². The van der Waals surface area contributed by atoms with Crippen molar-refractivity contribution in [3.8, 4) is 0 Å². The minimum atomic E-state index is -0.0423. The average Bonchev–Trinajstić information content (AvgIpc) is 3.14. The number of hydrogen-bond donors (Lipinski definition) is 1. The zero-order valence-corrected chi connectivity index (χ0v) is 12.3. The number of nitrogens with one attached hydrogen (secondary N) is 1. The van der Waals surface area contributed by atoms with Crippen LogP contribution in [0, 0.1) is 0 Å². The van der Waals surface area contributed by atoms with Crippen LogP contribution in [0.1, 0.15) is 25.2 Å². The molecule has 1 N–H and O–H groups in total. The lowest BCUT2D eigenvalue weighted by Crippen LogP contribution is -2.27. The molecule has 0 aliphatic rings. The van der Waals surface area contributed by atoms with Crippen molar-refractivity contribution in [3.63, 3.8) is 0 Å². The van der Waals surface area contributed by atoms with Crippen molar-refractivity contribution < 1.29 is 9.53 Å². The largest absolute Gasteiger partial charge is 0.383 e. The van der Waals surface area contributed by atoms with Crippen LogP contribution in [0.3, 0.4) is 0 Å². The summed E-state index contributed by atoms with van der Waals surface area (Å²) >= 11 is 0. The Bertz CT molecular complexity index is 551. The summed E-state index contributed by atoms with van der Waals surface area (Å²) in [5, 5.41) is 14.8. The maximum atomic E-state index is 11.9. The van der Waals surface area contributed by atoms with Gasteiger partial charge in [-0.15, -0.1) is 10.2 Å². The summed E-state index contributed by atoms with van der Waals surface area (Å²) in [5.74, 6) is 0.673. The molecular weight excluding hydrogens is 272 g/mol. The Hall–Kier alpha value is -2.22. The first-order chi connectivity index (χ1) is 10.2. The van der Waals surface area contributed by atoms with Crippen LogP contribution in [0.25, 0.3) is 0 Å². The summed E-state index contributed by atoms with van der Waals surface area (Å²) in [6.07, 6.45) is 5.55. The molecule has 8 nitrogen and oxygen atoms in total. The first-order valence-corrected chi connectivity index (χ1v) is 6.82. The summed E-state index contributed by atoms with van der Waals surface area (Å²) in [5.41, 5.74) is 0. The number of carbonyl (C=O) groups excluding carboxylic acids is 1. The molecule has 0 saturated carbocycles. The molecule has 0 saturated heterocycles. The Labute approximate surface area is 123 Å². The molecule has 8 heteroatoms. The monoisotopic (exact) mass is 292 g/mol. The molecule has 2 aromatic heterocycles. The second-order valence-corrected chi connectivity index (χ2v) is 4.75. The van der Waals surface area contributed by atoms with Gasteiger partial charge < -0.3 is 14.6 Å². The number of aromatic nitrogens is 5. The van der Waals surface area contributed by atoms with Gasteiger partial charge in [-0.05, 0) is 13.0 Å². The van der Waals surface area contributed by atoms with Gasteiger partial charge in [-0.3, -0.25) is 9.48 Å². The van der Waals surface area contributed by atoms with Crippen LogP contribution in [0.2, 0.25) is 0 Å². The zero-order valence-electron chi connectivity index (χ0n) is 12.3. The van der Waals surface area contributed by atoms with Gasteiger partial charge in [-0.25, -0.2) is 0 Å². The topological polar surface area (TPSA) is 86.9 Å². The van der Waals surface area contributed by atoms with E-state index >= 15 is 0 Å². The van der Waals surface area contributed by atoms with Crippen LogP contribution < -0.4 is 5.32 Å².